The summed E-state index contributed by atoms with van der Waals surface area (Å²) >= 11 is 0. The van der Waals surface area contributed by atoms with Crippen LogP contribution in [0.4, 0.5) is 5.69 Å². The molecule has 0 amide bonds. The number of aryl methyl sites for hydroxylation is 1. The van der Waals surface area contributed by atoms with Gasteiger partial charge in [-0.25, -0.2) is 5.53 Å². The zero-order valence-electron chi connectivity index (χ0n) is 15.0. The van der Waals surface area contributed by atoms with Gasteiger partial charge in [0, 0.05) is 6.07 Å². The van der Waals surface area contributed by atoms with E-state index in [9.17, 15) is 0 Å². The molecule has 1 rings (SSSR count). The molecule has 0 bridgehead atoms. The molecule has 0 unspecified atom stereocenters. The van der Waals surface area contributed by atoms with Gasteiger partial charge in [-0.2, -0.15) is 5.11 Å². The summed E-state index contributed by atoms with van der Waals surface area (Å²) in [6.07, 6.45) is 8.63. The van der Waals surface area contributed by atoms with E-state index < -0.39 is 0 Å². The first-order valence-corrected chi connectivity index (χ1v) is 9.06. The van der Waals surface area contributed by atoms with Crippen molar-refractivity contribution in [1.29, 1.82) is 5.53 Å². The van der Waals surface area contributed by atoms with Gasteiger partial charge in [-0.1, -0.05) is 46.5 Å². The number of hydrogen-bond acceptors (Lipinski definition) is 4. The van der Waals surface area contributed by atoms with Crippen LogP contribution >= 0.6 is 0 Å². The lowest BCUT2D eigenvalue weighted by molar-refractivity contribution is 0.294. The molecule has 130 valence electrons. The second-order valence-corrected chi connectivity index (χ2v) is 5.90. The summed E-state index contributed by atoms with van der Waals surface area (Å²) in [4.78, 5) is 0. The molecule has 0 aromatic heterocycles. The third kappa shape index (κ3) is 7.02. The molecule has 0 aliphatic carbocycles. The highest BCUT2D eigenvalue weighted by Gasteiger charge is 2.13. The molecule has 0 heterocycles. The molecule has 0 aliphatic heterocycles. The predicted octanol–water partition coefficient (Wildman–Crippen LogP) is 6.44. The van der Waals surface area contributed by atoms with E-state index in [-0.39, 0.29) is 0 Å². The minimum absolute atomic E-state index is 0.659. The van der Waals surface area contributed by atoms with Crippen molar-refractivity contribution in [2.45, 2.75) is 72.1 Å². The number of benzene rings is 1. The van der Waals surface area contributed by atoms with Crippen LogP contribution in [0.25, 0.3) is 0 Å². The van der Waals surface area contributed by atoms with Gasteiger partial charge in [0.05, 0.1) is 13.2 Å². The van der Waals surface area contributed by atoms with Crippen molar-refractivity contribution in [3.63, 3.8) is 0 Å². The maximum absolute atomic E-state index is 7.53. The molecule has 0 saturated carbocycles. The molecule has 23 heavy (non-hydrogen) atoms. The Morgan fingerprint density at radius 1 is 0.870 bits per heavy atom. The van der Waals surface area contributed by atoms with Crippen molar-refractivity contribution in [1.82, 2.24) is 0 Å². The third-order valence-electron chi connectivity index (χ3n) is 3.81. The van der Waals surface area contributed by atoms with Gasteiger partial charge in [0.15, 0.2) is 5.75 Å². The molecule has 0 saturated heterocycles. The monoisotopic (exact) mass is 320 g/mol. The van der Waals surface area contributed by atoms with Crippen molar-refractivity contribution >= 4 is 5.69 Å². The molecule has 4 heteroatoms. The van der Waals surface area contributed by atoms with Gasteiger partial charge < -0.3 is 9.47 Å². The Balaban J connectivity index is 2.94. The maximum atomic E-state index is 7.53. The molecular formula is C19H32N2O2. The van der Waals surface area contributed by atoms with Crippen LogP contribution in [0.1, 0.15) is 71.3 Å². The van der Waals surface area contributed by atoms with Gasteiger partial charge in [0.25, 0.3) is 0 Å². The van der Waals surface area contributed by atoms with E-state index in [1.807, 2.05) is 12.1 Å². The zero-order chi connectivity index (χ0) is 16.9. The molecule has 0 atom stereocenters. The van der Waals surface area contributed by atoms with Crippen molar-refractivity contribution in [2.24, 2.45) is 5.11 Å². The van der Waals surface area contributed by atoms with Gasteiger partial charge >= 0.3 is 0 Å². The van der Waals surface area contributed by atoms with E-state index in [2.05, 4.69) is 25.9 Å². The van der Waals surface area contributed by atoms with E-state index in [0.717, 1.165) is 56.4 Å². The van der Waals surface area contributed by atoms with Gasteiger partial charge in [-0.3, -0.25) is 0 Å². The highest BCUT2D eigenvalue weighted by atomic mass is 16.5. The number of nitrogens with one attached hydrogen (secondary N) is 1. The second-order valence-electron chi connectivity index (χ2n) is 5.90. The van der Waals surface area contributed by atoms with Gasteiger partial charge in [-0.05, 0) is 37.3 Å². The lowest BCUT2D eigenvalue weighted by atomic mass is 10.0. The molecular weight excluding hydrogens is 288 g/mol. The minimum atomic E-state index is 0.659. The minimum Gasteiger partial charge on any atom is -0.493 e. The van der Waals surface area contributed by atoms with Crippen molar-refractivity contribution in [3.8, 4) is 11.5 Å². The Kier molecular flexibility index (Phi) is 10.1. The predicted molar refractivity (Wildman–Crippen MR) is 95.3 cm³/mol. The van der Waals surface area contributed by atoms with Gasteiger partial charge in [-0.15, -0.1) is 0 Å². The van der Waals surface area contributed by atoms with Crippen molar-refractivity contribution in [2.75, 3.05) is 13.2 Å². The fourth-order valence-corrected chi connectivity index (χ4v) is 2.37. The van der Waals surface area contributed by atoms with Crippen LogP contribution in [-0.2, 0) is 6.42 Å². The summed E-state index contributed by atoms with van der Waals surface area (Å²) in [6, 6.07) is 3.92. The van der Waals surface area contributed by atoms with Crippen LogP contribution in [-0.4, -0.2) is 13.2 Å². The summed E-state index contributed by atoms with van der Waals surface area (Å²) in [5, 5.41) is 3.73. The summed E-state index contributed by atoms with van der Waals surface area (Å²) in [7, 11) is 0. The number of nitrogens with zero attached hydrogens (tertiary/aromatic N) is 1. The number of unbranched alkanes of at least 4 members (excludes halogenated alkanes) is 4. The second kappa shape index (κ2) is 11.9. The standard InChI is InChI=1S/C19H32N2O2/c1-4-7-10-11-16-14-17(22-12-8-5-2)15-18(19(16)21-20)23-13-9-6-3/h14-15,20H,4-13H2,1-3H3. The molecule has 0 aliphatic rings. The van der Waals surface area contributed by atoms with Gasteiger partial charge in [0.1, 0.15) is 11.4 Å². The molecule has 0 spiro atoms. The fraction of sp³-hybridized carbons (Fsp3) is 0.684. The Hall–Kier alpha value is -1.58. The molecule has 1 aromatic rings. The normalized spacial score (nSPS) is 10.6. The van der Waals surface area contributed by atoms with Crippen LogP contribution in [0.2, 0.25) is 0 Å². The Morgan fingerprint density at radius 3 is 2.13 bits per heavy atom. The smallest absolute Gasteiger partial charge is 0.150 e. The van der Waals surface area contributed by atoms with Crippen molar-refractivity contribution in [3.05, 3.63) is 17.7 Å². The Bertz CT molecular complexity index is 430. The molecule has 1 aromatic carbocycles. The third-order valence-corrected chi connectivity index (χ3v) is 3.81. The number of rotatable bonds is 13. The summed E-state index contributed by atoms with van der Waals surface area (Å²) < 4.78 is 11.7. The Morgan fingerprint density at radius 2 is 1.52 bits per heavy atom. The van der Waals surface area contributed by atoms with Crippen LogP contribution in [0.5, 0.6) is 11.5 Å². The lowest BCUT2D eigenvalue weighted by Crippen LogP contribution is -2.01. The molecule has 4 nitrogen and oxygen atoms in total. The Labute approximate surface area is 141 Å². The van der Waals surface area contributed by atoms with E-state index in [4.69, 9.17) is 15.0 Å². The van der Waals surface area contributed by atoms with Crippen LogP contribution < -0.4 is 9.47 Å². The van der Waals surface area contributed by atoms with E-state index in [1.54, 1.807) is 0 Å². The summed E-state index contributed by atoms with van der Waals surface area (Å²) in [5.41, 5.74) is 9.26. The highest BCUT2D eigenvalue weighted by molar-refractivity contribution is 5.60. The largest absolute Gasteiger partial charge is 0.493 e. The first kappa shape index (κ1) is 19.5. The van der Waals surface area contributed by atoms with E-state index in [0.29, 0.717) is 18.0 Å². The number of hydrogen-bond donors (Lipinski definition) is 1. The highest BCUT2D eigenvalue weighted by Crippen LogP contribution is 2.37. The SMILES string of the molecule is CCCCCc1cc(OCCCC)cc(OCCCC)c1N=N. The molecule has 0 radical (unpaired) electrons. The zero-order valence-corrected chi connectivity index (χ0v) is 15.0. The fourth-order valence-electron chi connectivity index (χ4n) is 2.37. The van der Waals surface area contributed by atoms with Crippen LogP contribution in [0, 0.1) is 5.53 Å². The summed E-state index contributed by atoms with van der Waals surface area (Å²) in [6.45, 7) is 7.86. The topological polar surface area (TPSA) is 54.7 Å². The van der Waals surface area contributed by atoms with E-state index in [1.165, 1.54) is 12.8 Å². The van der Waals surface area contributed by atoms with Gasteiger partial charge in [0.2, 0.25) is 0 Å². The first-order valence-electron chi connectivity index (χ1n) is 9.06. The average Bonchev–Trinajstić information content (AvgIpc) is 2.55. The van der Waals surface area contributed by atoms with Crippen LogP contribution in [0.3, 0.4) is 0 Å². The first-order chi connectivity index (χ1) is 11.3. The van der Waals surface area contributed by atoms with E-state index >= 15 is 0 Å². The molecule has 0 fully saturated rings. The van der Waals surface area contributed by atoms with Crippen molar-refractivity contribution < 1.29 is 9.47 Å². The molecule has 1 N–H and O–H groups in total. The lowest BCUT2D eigenvalue weighted by Gasteiger charge is -2.15. The van der Waals surface area contributed by atoms with Crippen LogP contribution in [0.15, 0.2) is 17.2 Å². The quantitative estimate of drug-likeness (QED) is 0.336. The average molecular weight is 320 g/mol. The maximum Gasteiger partial charge on any atom is 0.150 e. The summed E-state index contributed by atoms with van der Waals surface area (Å²) in [5.74, 6) is 1.53. The number of ether oxygens (including phenoxy) is 2.